The Kier molecular flexibility index (Phi) is 6.49. The molecule has 0 unspecified atom stereocenters. The largest absolute Gasteiger partial charge is 0.510 e. The SMILES string of the molecule is CCn1c(SC/C(O)=C(\C#N)c2nc3ccccc3n2C)nnc1-c1ccc(C(C)(C)C)cc1. The molecule has 0 fully saturated rings. The van der Waals surface area contributed by atoms with Crippen LogP contribution in [0.4, 0.5) is 0 Å². The van der Waals surface area contributed by atoms with Gasteiger partial charge < -0.3 is 14.2 Å². The third-order valence-corrected chi connectivity index (χ3v) is 6.77. The van der Waals surface area contributed by atoms with E-state index in [9.17, 15) is 10.4 Å². The van der Waals surface area contributed by atoms with Crippen LogP contribution >= 0.6 is 11.8 Å². The quantitative estimate of drug-likeness (QED) is 0.219. The van der Waals surface area contributed by atoms with Gasteiger partial charge in [0.2, 0.25) is 0 Å². The van der Waals surface area contributed by atoms with Crippen LogP contribution < -0.4 is 0 Å². The Morgan fingerprint density at radius 3 is 2.41 bits per heavy atom. The molecule has 0 aliphatic heterocycles. The van der Waals surface area contributed by atoms with Gasteiger partial charge in [0.1, 0.15) is 17.4 Å². The van der Waals surface area contributed by atoms with Gasteiger partial charge in [-0.1, -0.05) is 68.9 Å². The fraction of sp³-hybridized carbons (Fsp3) is 0.308. The second-order valence-corrected chi connectivity index (χ2v) is 10.0. The van der Waals surface area contributed by atoms with Crippen molar-refractivity contribution in [3.05, 3.63) is 65.7 Å². The maximum atomic E-state index is 10.8. The molecule has 2 aromatic carbocycles. The number of hydrogen-bond donors (Lipinski definition) is 1. The molecule has 0 amide bonds. The van der Waals surface area contributed by atoms with Crippen LogP contribution in [0.25, 0.3) is 28.0 Å². The van der Waals surface area contributed by atoms with Crippen molar-refractivity contribution in [1.29, 1.82) is 5.26 Å². The highest BCUT2D eigenvalue weighted by atomic mass is 32.2. The summed E-state index contributed by atoms with van der Waals surface area (Å²) in [7, 11) is 1.84. The lowest BCUT2D eigenvalue weighted by Crippen LogP contribution is -2.10. The molecular weight excluding hydrogens is 444 g/mol. The average molecular weight is 473 g/mol. The number of para-hydroxylation sites is 2. The number of aliphatic hydroxyl groups is 1. The maximum Gasteiger partial charge on any atom is 0.191 e. The van der Waals surface area contributed by atoms with Crippen molar-refractivity contribution in [2.75, 3.05) is 5.75 Å². The van der Waals surface area contributed by atoms with E-state index in [1.54, 1.807) is 0 Å². The first kappa shape index (κ1) is 23.6. The lowest BCUT2D eigenvalue weighted by molar-refractivity contribution is 0.420. The van der Waals surface area contributed by atoms with E-state index in [0.29, 0.717) is 17.5 Å². The van der Waals surface area contributed by atoms with E-state index in [1.807, 2.05) is 47.4 Å². The lowest BCUT2D eigenvalue weighted by Gasteiger charge is -2.19. The Bertz CT molecular complexity index is 1400. The van der Waals surface area contributed by atoms with Crippen molar-refractivity contribution in [1.82, 2.24) is 24.3 Å². The summed E-state index contributed by atoms with van der Waals surface area (Å²) >= 11 is 1.35. The number of hydrogen-bond acceptors (Lipinski definition) is 6. The van der Waals surface area contributed by atoms with Crippen LogP contribution in [0.3, 0.4) is 0 Å². The van der Waals surface area contributed by atoms with Gasteiger partial charge in [0, 0.05) is 19.2 Å². The zero-order valence-electron chi connectivity index (χ0n) is 20.1. The Morgan fingerprint density at radius 1 is 1.09 bits per heavy atom. The number of rotatable bonds is 6. The third-order valence-electron chi connectivity index (χ3n) is 5.79. The van der Waals surface area contributed by atoms with E-state index in [1.165, 1.54) is 17.3 Å². The minimum Gasteiger partial charge on any atom is -0.510 e. The second kappa shape index (κ2) is 9.35. The predicted octanol–water partition coefficient (Wildman–Crippen LogP) is 5.73. The van der Waals surface area contributed by atoms with Crippen molar-refractivity contribution < 1.29 is 5.11 Å². The molecule has 1 N–H and O–H groups in total. The first-order valence-corrected chi connectivity index (χ1v) is 12.1. The number of aromatic nitrogens is 5. The minimum absolute atomic E-state index is 0.0346. The number of imidazole rings is 1. The lowest BCUT2D eigenvalue weighted by atomic mass is 9.87. The summed E-state index contributed by atoms with van der Waals surface area (Å²) in [6.07, 6.45) is 0. The highest BCUT2D eigenvalue weighted by Gasteiger charge is 2.19. The molecule has 0 radical (unpaired) electrons. The molecule has 0 saturated heterocycles. The van der Waals surface area contributed by atoms with Crippen molar-refractivity contribution >= 4 is 28.4 Å². The van der Waals surface area contributed by atoms with Gasteiger partial charge in [-0.05, 0) is 30.0 Å². The van der Waals surface area contributed by atoms with E-state index in [2.05, 4.69) is 66.3 Å². The van der Waals surface area contributed by atoms with Crippen LogP contribution in [0.1, 0.15) is 39.1 Å². The Balaban J connectivity index is 1.59. The highest BCUT2D eigenvalue weighted by molar-refractivity contribution is 7.99. The van der Waals surface area contributed by atoms with E-state index in [0.717, 1.165) is 22.4 Å². The van der Waals surface area contributed by atoms with Gasteiger partial charge in [-0.15, -0.1) is 10.2 Å². The first-order valence-electron chi connectivity index (χ1n) is 11.2. The minimum atomic E-state index is -0.0346. The monoisotopic (exact) mass is 472 g/mol. The highest BCUT2D eigenvalue weighted by Crippen LogP contribution is 2.29. The molecule has 4 rings (SSSR count). The van der Waals surface area contributed by atoms with E-state index in [-0.39, 0.29) is 22.5 Å². The van der Waals surface area contributed by atoms with Crippen LogP contribution in [-0.4, -0.2) is 35.2 Å². The van der Waals surface area contributed by atoms with E-state index < -0.39 is 0 Å². The van der Waals surface area contributed by atoms with Crippen molar-refractivity contribution in [3.63, 3.8) is 0 Å². The van der Waals surface area contributed by atoms with Gasteiger partial charge in [0.05, 0.1) is 16.8 Å². The molecule has 4 aromatic rings. The normalized spacial score (nSPS) is 12.6. The van der Waals surface area contributed by atoms with Gasteiger partial charge in [0.25, 0.3) is 0 Å². The topological polar surface area (TPSA) is 92.6 Å². The molecule has 8 heteroatoms. The molecule has 2 heterocycles. The number of nitrogens with zero attached hydrogens (tertiary/aromatic N) is 6. The van der Waals surface area contributed by atoms with Gasteiger partial charge >= 0.3 is 0 Å². The summed E-state index contributed by atoms with van der Waals surface area (Å²) < 4.78 is 3.84. The molecule has 174 valence electrons. The van der Waals surface area contributed by atoms with Crippen LogP contribution in [0, 0.1) is 11.3 Å². The average Bonchev–Trinajstić information content (AvgIpc) is 3.39. The molecule has 2 aromatic heterocycles. The van der Waals surface area contributed by atoms with Crippen LogP contribution in [0.15, 0.2) is 59.4 Å². The summed E-state index contributed by atoms with van der Waals surface area (Å²) in [6.45, 7) is 9.29. The van der Waals surface area contributed by atoms with Gasteiger partial charge in [0.15, 0.2) is 16.8 Å². The molecule has 0 aliphatic rings. The summed E-state index contributed by atoms with van der Waals surface area (Å²) in [4.78, 5) is 4.54. The Morgan fingerprint density at radius 2 is 1.79 bits per heavy atom. The van der Waals surface area contributed by atoms with Crippen molar-refractivity contribution in [3.8, 4) is 17.5 Å². The molecule has 7 nitrogen and oxygen atoms in total. The van der Waals surface area contributed by atoms with Crippen LogP contribution in [0.5, 0.6) is 0 Å². The molecule has 0 atom stereocenters. The molecule has 0 bridgehead atoms. The number of benzene rings is 2. The van der Waals surface area contributed by atoms with E-state index >= 15 is 0 Å². The Labute approximate surface area is 203 Å². The first-order chi connectivity index (χ1) is 16.2. The van der Waals surface area contributed by atoms with Gasteiger partial charge in [-0.25, -0.2) is 4.98 Å². The molecule has 0 spiro atoms. The number of fused-ring (bicyclic) bond motifs is 1. The molecular formula is C26H28N6OS. The van der Waals surface area contributed by atoms with Crippen molar-refractivity contribution in [2.45, 2.75) is 44.8 Å². The van der Waals surface area contributed by atoms with Gasteiger partial charge in [-0.2, -0.15) is 5.26 Å². The Hall–Kier alpha value is -3.57. The van der Waals surface area contributed by atoms with Gasteiger partial charge in [-0.3, -0.25) is 0 Å². The molecule has 0 saturated carbocycles. The number of aryl methyl sites for hydroxylation is 1. The zero-order chi connectivity index (χ0) is 24.5. The summed E-state index contributed by atoms with van der Waals surface area (Å²) in [6, 6.07) is 18.2. The maximum absolute atomic E-state index is 10.8. The third kappa shape index (κ3) is 4.44. The smallest absolute Gasteiger partial charge is 0.191 e. The second-order valence-electron chi connectivity index (χ2n) is 9.08. The van der Waals surface area contributed by atoms with Crippen LogP contribution in [-0.2, 0) is 19.0 Å². The van der Waals surface area contributed by atoms with E-state index in [4.69, 9.17) is 0 Å². The fourth-order valence-corrected chi connectivity index (χ4v) is 4.71. The fourth-order valence-electron chi connectivity index (χ4n) is 3.83. The number of allylic oxidation sites excluding steroid dienone is 1. The van der Waals surface area contributed by atoms with Crippen molar-refractivity contribution in [2.24, 2.45) is 7.05 Å². The number of nitriles is 1. The van der Waals surface area contributed by atoms with Crippen LogP contribution in [0.2, 0.25) is 0 Å². The summed E-state index contributed by atoms with van der Waals surface area (Å²) in [5, 5.41) is 30.0. The summed E-state index contributed by atoms with van der Waals surface area (Å²) in [5.74, 6) is 1.38. The summed E-state index contributed by atoms with van der Waals surface area (Å²) in [5.41, 5.74) is 4.17. The molecule has 34 heavy (non-hydrogen) atoms. The number of aliphatic hydroxyl groups excluding tert-OH is 1. The standard InChI is InChI=1S/C26H28N6OS/c1-6-32-23(17-11-13-18(14-12-17)26(2,3)4)29-30-25(32)34-16-22(33)19(15-27)24-28-20-9-7-8-10-21(20)31(24)5/h7-14,33H,6,16H2,1-5H3/b22-19-. The molecule has 0 aliphatic carbocycles. The number of thioether (sulfide) groups is 1. The zero-order valence-corrected chi connectivity index (χ0v) is 20.9. The predicted molar refractivity (Wildman–Crippen MR) is 136 cm³/mol.